The summed E-state index contributed by atoms with van der Waals surface area (Å²) in [5.74, 6) is -0.741. The van der Waals surface area contributed by atoms with Crippen molar-refractivity contribution in [2.24, 2.45) is 0 Å². The summed E-state index contributed by atoms with van der Waals surface area (Å²) in [5, 5.41) is 13.7. The number of nitrogens with zero attached hydrogens (tertiary/aromatic N) is 2. The molecule has 1 heterocycles. The normalized spacial score (nSPS) is 26.4. The van der Waals surface area contributed by atoms with Crippen LogP contribution in [0.15, 0.2) is 17.6 Å². The maximum absolute atomic E-state index is 11.6. The fourth-order valence-electron chi connectivity index (χ4n) is 2.68. The summed E-state index contributed by atoms with van der Waals surface area (Å²) >= 11 is 1.59. The molecule has 1 aromatic rings. The maximum Gasteiger partial charge on any atom is 0.323 e. The zero-order valence-electron chi connectivity index (χ0n) is 11.9. The van der Waals surface area contributed by atoms with Crippen molar-refractivity contribution < 1.29 is 9.90 Å². The first-order valence-corrected chi connectivity index (χ1v) is 7.87. The molecule has 20 heavy (non-hydrogen) atoms. The van der Waals surface area contributed by atoms with Gasteiger partial charge in [0.05, 0.1) is 0 Å². The van der Waals surface area contributed by atoms with Crippen LogP contribution in [0, 0.1) is 6.92 Å². The highest BCUT2D eigenvalue weighted by molar-refractivity contribution is 7.99. The van der Waals surface area contributed by atoms with Crippen LogP contribution in [0.25, 0.3) is 0 Å². The van der Waals surface area contributed by atoms with Crippen molar-refractivity contribution in [3.05, 3.63) is 18.0 Å². The lowest BCUT2D eigenvalue weighted by atomic mass is 9.81. The van der Waals surface area contributed by atoms with Gasteiger partial charge in [-0.3, -0.25) is 4.79 Å². The minimum Gasteiger partial charge on any atom is -0.480 e. The first kappa shape index (κ1) is 15.3. The number of carboxylic acid groups (broad SMARTS) is 1. The van der Waals surface area contributed by atoms with Crippen molar-refractivity contribution in [2.75, 3.05) is 6.54 Å². The van der Waals surface area contributed by atoms with Crippen molar-refractivity contribution in [3.63, 3.8) is 0 Å². The summed E-state index contributed by atoms with van der Waals surface area (Å²) in [4.78, 5) is 20.2. The Labute approximate surface area is 123 Å². The predicted octanol–water partition coefficient (Wildman–Crippen LogP) is 2.25. The number of hydrogen-bond acceptors (Lipinski definition) is 5. The zero-order valence-corrected chi connectivity index (χ0v) is 12.7. The molecule has 0 bridgehead atoms. The van der Waals surface area contributed by atoms with Gasteiger partial charge in [0.2, 0.25) is 0 Å². The van der Waals surface area contributed by atoms with Crippen molar-refractivity contribution in [3.8, 4) is 0 Å². The van der Waals surface area contributed by atoms with Crippen LogP contribution in [-0.2, 0) is 4.79 Å². The summed E-state index contributed by atoms with van der Waals surface area (Å²) in [6.07, 6.45) is 6.85. The molecule has 0 saturated heterocycles. The van der Waals surface area contributed by atoms with Crippen molar-refractivity contribution in [1.29, 1.82) is 0 Å². The summed E-state index contributed by atoms with van der Waals surface area (Å²) in [7, 11) is 0. The standard InChI is InChI=1S/C14H21N3O2S/c1-3-17-14(12(18)19)6-4-5-11(7-14)20-13-15-8-10(2)9-16-13/h8-9,11,17H,3-7H2,1-2H3,(H,18,19). The Morgan fingerprint density at radius 1 is 1.55 bits per heavy atom. The lowest BCUT2D eigenvalue weighted by molar-refractivity contribution is -0.146. The van der Waals surface area contributed by atoms with E-state index in [4.69, 9.17) is 0 Å². The molecule has 6 heteroatoms. The Morgan fingerprint density at radius 2 is 2.25 bits per heavy atom. The average Bonchev–Trinajstić information content (AvgIpc) is 2.42. The van der Waals surface area contributed by atoms with Crippen LogP contribution in [-0.4, -0.2) is 38.4 Å². The fourth-order valence-corrected chi connectivity index (χ4v) is 3.86. The lowest BCUT2D eigenvalue weighted by Crippen LogP contribution is -2.55. The minimum absolute atomic E-state index is 0.251. The molecule has 1 aliphatic rings. The van der Waals surface area contributed by atoms with E-state index in [1.807, 2.05) is 13.8 Å². The molecular formula is C14H21N3O2S. The number of carbonyl (C=O) groups is 1. The second-order valence-corrected chi connectivity index (χ2v) is 6.56. The molecule has 0 aromatic carbocycles. The number of aliphatic carboxylic acids is 1. The van der Waals surface area contributed by atoms with Crippen molar-refractivity contribution >= 4 is 17.7 Å². The number of likely N-dealkylation sites (N-methyl/N-ethyl adjacent to an activating group) is 1. The van der Waals surface area contributed by atoms with Gasteiger partial charge in [-0.1, -0.05) is 18.7 Å². The van der Waals surface area contributed by atoms with E-state index in [2.05, 4.69) is 15.3 Å². The minimum atomic E-state index is -0.782. The van der Waals surface area contributed by atoms with E-state index in [0.717, 1.165) is 23.6 Å². The molecule has 0 aliphatic heterocycles. The van der Waals surface area contributed by atoms with E-state index in [9.17, 15) is 9.90 Å². The Kier molecular flexibility index (Phi) is 4.99. The molecule has 0 radical (unpaired) electrons. The highest BCUT2D eigenvalue weighted by Crippen LogP contribution is 2.37. The fraction of sp³-hybridized carbons (Fsp3) is 0.643. The van der Waals surface area contributed by atoms with Crippen LogP contribution >= 0.6 is 11.8 Å². The van der Waals surface area contributed by atoms with E-state index in [1.165, 1.54) is 0 Å². The molecule has 2 N–H and O–H groups in total. The van der Waals surface area contributed by atoms with Gasteiger partial charge in [0.25, 0.3) is 0 Å². The Bertz CT molecular complexity index is 462. The van der Waals surface area contributed by atoms with Crippen LogP contribution in [0.5, 0.6) is 0 Å². The van der Waals surface area contributed by atoms with E-state index in [-0.39, 0.29) is 5.25 Å². The Balaban J connectivity index is 2.05. The second kappa shape index (κ2) is 6.54. The quantitative estimate of drug-likeness (QED) is 0.812. The van der Waals surface area contributed by atoms with Gasteiger partial charge in [-0.05, 0) is 44.7 Å². The number of aromatic nitrogens is 2. The van der Waals surface area contributed by atoms with Crippen LogP contribution in [0.2, 0.25) is 0 Å². The summed E-state index contributed by atoms with van der Waals surface area (Å²) < 4.78 is 0. The second-order valence-electron chi connectivity index (χ2n) is 5.30. The summed E-state index contributed by atoms with van der Waals surface area (Å²) in [5.41, 5.74) is 0.251. The first-order valence-electron chi connectivity index (χ1n) is 6.99. The van der Waals surface area contributed by atoms with E-state index < -0.39 is 11.5 Å². The molecule has 5 nitrogen and oxygen atoms in total. The first-order chi connectivity index (χ1) is 9.55. The molecular weight excluding hydrogens is 274 g/mol. The van der Waals surface area contributed by atoms with Gasteiger partial charge in [-0.2, -0.15) is 0 Å². The molecule has 1 saturated carbocycles. The van der Waals surface area contributed by atoms with Gasteiger partial charge in [0.15, 0.2) is 5.16 Å². The molecule has 0 amide bonds. The topological polar surface area (TPSA) is 75.1 Å². The smallest absolute Gasteiger partial charge is 0.323 e. The summed E-state index contributed by atoms with van der Waals surface area (Å²) in [6.45, 7) is 4.57. The summed E-state index contributed by atoms with van der Waals surface area (Å²) in [6, 6.07) is 0. The molecule has 0 spiro atoms. The van der Waals surface area contributed by atoms with Gasteiger partial charge in [0.1, 0.15) is 5.54 Å². The molecule has 1 fully saturated rings. The zero-order chi connectivity index (χ0) is 14.6. The van der Waals surface area contributed by atoms with E-state index in [1.54, 1.807) is 24.2 Å². The number of hydrogen-bond donors (Lipinski definition) is 2. The van der Waals surface area contributed by atoms with Crippen LogP contribution in [0.3, 0.4) is 0 Å². The lowest BCUT2D eigenvalue weighted by Gasteiger charge is -2.37. The van der Waals surface area contributed by atoms with Crippen LogP contribution in [0.1, 0.15) is 38.2 Å². The van der Waals surface area contributed by atoms with Gasteiger partial charge in [0, 0.05) is 17.6 Å². The third kappa shape index (κ3) is 3.49. The SMILES string of the molecule is CCNC1(C(=O)O)CCCC(Sc2ncc(C)cn2)C1. The number of rotatable bonds is 5. The molecule has 2 rings (SSSR count). The van der Waals surface area contributed by atoms with Crippen LogP contribution in [0.4, 0.5) is 0 Å². The largest absolute Gasteiger partial charge is 0.480 e. The van der Waals surface area contributed by atoms with E-state index >= 15 is 0 Å². The highest BCUT2D eigenvalue weighted by atomic mass is 32.2. The maximum atomic E-state index is 11.6. The molecule has 1 aliphatic carbocycles. The average molecular weight is 295 g/mol. The van der Waals surface area contributed by atoms with E-state index in [0.29, 0.717) is 19.4 Å². The number of nitrogens with one attached hydrogen (secondary N) is 1. The molecule has 110 valence electrons. The Morgan fingerprint density at radius 3 is 2.85 bits per heavy atom. The molecule has 2 unspecified atom stereocenters. The Hall–Kier alpha value is -1.14. The third-order valence-electron chi connectivity index (χ3n) is 3.66. The number of thioether (sulfide) groups is 1. The van der Waals surface area contributed by atoms with Gasteiger partial charge in [-0.15, -0.1) is 0 Å². The highest BCUT2D eigenvalue weighted by Gasteiger charge is 2.42. The van der Waals surface area contributed by atoms with Crippen molar-refractivity contribution in [1.82, 2.24) is 15.3 Å². The number of carboxylic acids is 1. The van der Waals surface area contributed by atoms with Gasteiger partial charge in [-0.25, -0.2) is 9.97 Å². The molecule has 1 aromatic heterocycles. The van der Waals surface area contributed by atoms with Crippen LogP contribution < -0.4 is 5.32 Å². The predicted molar refractivity (Wildman–Crippen MR) is 78.9 cm³/mol. The third-order valence-corrected chi connectivity index (χ3v) is 4.82. The molecule has 2 atom stereocenters. The monoisotopic (exact) mass is 295 g/mol. The van der Waals surface area contributed by atoms with Gasteiger partial charge >= 0.3 is 5.97 Å². The van der Waals surface area contributed by atoms with Gasteiger partial charge < -0.3 is 10.4 Å². The number of aryl methyl sites for hydroxylation is 1. The van der Waals surface area contributed by atoms with Crippen molar-refractivity contribution in [2.45, 2.75) is 55.5 Å².